The number of carbonyl (C=O) groups is 1. The van der Waals surface area contributed by atoms with E-state index in [2.05, 4.69) is 10.8 Å². The number of nitriles is 1. The van der Waals surface area contributed by atoms with E-state index < -0.39 is 6.10 Å². The van der Waals surface area contributed by atoms with E-state index in [0.717, 1.165) is 0 Å². The third kappa shape index (κ3) is 1.95. The lowest BCUT2D eigenvalue weighted by atomic mass is 9.97. The molecular weight excluding hydrogens is 158 g/mol. The van der Waals surface area contributed by atoms with Gasteiger partial charge in [-0.2, -0.15) is 5.26 Å². The molecule has 0 spiro atoms. The highest BCUT2D eigenvalue weighted by molar-refractivity contribution is 5.74. The molecule has 0 radical (unpaired) electrons. The predicted molar refractivity (Wildman–Crippen MR) is 40.1 cm³/mol. The molecule has 1 aliphatic rings. The van der Waals surface area contributed by atoms with Crippen LogP contribution in [0.5, 0.6) is 0 Å². The van der Waals surface area contributed by atoms with Crippen molar-refractivity contribution in [2.45, 2.75) is 18.9 Å². The van der Waals surface area contributed by atoms with E-state index in [1.165, 1.54) is 7.11 Å². The van der Waals surface area contributed by atoms with Crippen LogP contribution in [0.25, 0.3) is 0 Å². The van der Waals surface area contributed by atoms with Crippen molar-refractivity contribution in [1.82, 2.24) is 0 Å². The smallest absolute Gasteiger partial charge is 0.335 e. The minimum Gasteiger partial charge on any atom is -0.467 e. The molecule has 0 aromatic heterocycles. The van der Waals surface area contributed by atoms with Gasteiger partial charge < -0.3 is 9.47 Å². The van der Waals surface area contributed by atoms with Crippen molar-refractivity contribution in [3.05, 3.63) is 0 Å². The lowest BCUT2D eigenvalue weighted by molar-refractivity contribution is -0.157. The summed E-state index contributed by atoms with van der Waals surface area (Å²) in [5.41, 5.74) is 0. The van der Waals surface area contributed by atoms with Crippen LogP contribution in [0.4, 0.5) is 0 Å². The van der Waals surface area contributed by atoms with Crippen LogP contribution in [0.2, 0.25) is 0 Å². The highest BCUT2D eigenvalue weighted by atomic mass is 16.6. The monoisotopic (exact) mass is 169 g/mol. The van der Waals surface area contributed by atoms with E-state index >= 15 is 0 Å². The fraction of sp³-hybridized carbons (Fsp3) is 0.750. The average molecular weight is 169 g/mol. The van der Waals surface area contributed by atoms with E-state index in [1.54, 1.807) is 0 Å². The second kappa shape index (κ2) is 4.07. The molecule has 1 fully saturated rings. The molecule has 12 heavy (non-hydrogen) atoms. The molecule has 0 aromatic carbocycles. The maximum absolute atomic E-state index is 11.0. The summed E-state index contributed by atoms with van der Waals surface area (Å²) in [5.74, 6) is -0.446. The van der Waals surface area contributed by atoms with Gasteiger partial charge in [-0.25, -0.2) is 4.79 Å². The molecule has 1 heterocycles. The van der Waals surface area contributed by atoms with Gasteiger partial charge in [0.05, 0.1) is 19.1 Å². The fourth-order valence-electron chi connectivity index (χ4n) is 1.21. The van der Waals surface area contributed by atoms with E-state index in [9.17, 15) is 4.79 Å². The van der Waals surface area contributed by atoms with Gasteiger partial charge in [0.2, 0.25) is 0 Å². The minimum absolute atomic E-state index is 0.0668. The molecule has 0 saturated carbocycles. The van der Waals surface area contributed by atoms with Gasteiger partial charge in [-0.3, -0.25) is 0 Å². The Morgan fingerprint density at radius 2 is 2.50 bits per heavy atom. The molecule has 0 N–H and O–H groups in total. The molecule has 66 valence electrons. The van der Waals surface area contributed by atoms with Gasteiger partial charge in [0.1, 0.15) is 0 Å². The van der Waals surface area contributed by atoms with Crippen LogP contribution in [0, 0.1) is 17.2 Å². The Kier molecular flexibility index (Phi) is 3.06. The summed E-state index contributed by atoms with van der Waals surface area (Å²) in [4.78, 5) is 11.0. The molecule has 0 aromatic rings. The normalized spacial score (nSPS) is 29.0. The fourth-order valence-corrected chi connectivity index (χ4v) is 1.21. The lowest BCUT2D eigenvalue weighted by Gasteiger charge is -2.23. The number of hydrogen-bond donors (Lipinski definition) is 0. The Bertz CT molecular complexity index is 209. The third-order valence-corrected chi connectivity index (χ3v) is 1.93. The maximum atomic E-state index is 11.0. The number of esters is 1. The summed E-state index contributed by atoms with van der Waals surface area (Å²) < 4.78 is 9.65. The topological polar surface area (TPSA) is 59.3 Å². The van der Waals surface area contributed by atoms with Crippen molar-refractivity contribution in [2.24, 2.45) is 5.92 Å². The molecule has 0 aliphatic carbocycles. The van der Waals surface area contributed by atoms with Gasteiger partial charge >= 0.3 is 5.97 Å². The number of ether oxygens (including phenoxy) is 2. The van der Waals surface area contributed by atoms with E-state index in [0.29, 0.717) is 19.4 Å². The van der Waals surface area contributed by atoms with Crippen LogP contribution < -0.4 is 0 Å². The predicted octanol–water partition coefficient (Wildman–Crippen LogP) is 0.478. The van der Waals surface area contributed by atoms with E-state index in [-0.39, 0.29) is 11.9 Å². The summed E-state index contributed by atoms with van der Waals surface area (Å²) in [6.45, 7) is 0.470. The van der Waals surface area contributed by atoms with Gasteiger partial charge in [-0.1, -0.05) is 0 Å². The number of hydrogen-bond acceptors (Lipinski definition) is 4. The van der Waals surface area contributed by atoms with Gasteiger partial charge in [-0.05, 0) is 6.42 Å². The quantitative estimate of drug-likeness (QED) is 0.535. The zero-order valence-corrected chi connectivity index (χ0v) is 6.95. The van der Waals surface area contributed by atoms with Gasteiger partial charge in [0.15, 0.2) is 6.10 Å². The van der Waals surface area contributed by atoms with Crippen molar-refractivity contribution in [3.8, 4) is 6.07 Å². The number of nitrogens with zero attached hydrogens (tertiary/aromatic N) is 1. The molecule has 0 amide bonds. The van der Waals surface area contributed by atoms with Crippen LogP contribution >= 0.6 is 0 Å². The molecule has 1 saturated heterocycles. The first-order valence-electron chi connectivity index (χ1n) is 3.87. The molecule has 4 nitrogen and oxygen atoms in total. The van der Waals surface area contributed by atoms with Crippen molar-refractivity contribution >= 4 is 5.97 Å². The van der Waals surface area contributed by atoms with Crippen LogP contribution in [0.3, 0.4) is 0 Å². The van der Waals surface area contributed by atoms with Gasteiger partial charge in [0, 0.05) is 13.0 Å². The standard InChI is InChI=1S/C8H11NO3/c1-11-8(10)7-4-6(5-9)2-3-12-7/h6-7H,2-4H2,1H3. The van der Waals surface area contributed by atoms with Gasteiger partial charge in [0.25, 0.3) is 0 Å². The second-order valence-electron chi connectivity index (χ2n) is 2.73. The lowest BCUT2D eigenvalue weighted by Crippen LogP contribution is -2.32. The first-order valence-corrected chi connectivity index (χ1v) is 3.87. The van der Waals surface area contributed by atoms with Gasteiger partial charge in [-0.15, -0.1) is 0 Å². The molecule has 4 heteroatoms. The minimum atomic E-state index is -0.534. The maximum Gasteiger partial charge on any atom is 0.335 e. The average Bonchev–Trinajstić information content (AvgIpc) is 2.17. The molecule has 1 aliphatic heterocycles. The molecule has 2 unspecified atom stereocenters. The number of carbonyl (C=O) groups excluding carboxylic acids is 1. The Labute approximate surface area is 71.1 Å². The molecule has 0 bridgehead atoms. The molecular formula is C8H11NO3. The highest BCUT2D eigenvalue weighted by Gasteiger charge is 2.28. The summed E-state index contributed by atoms with van der Waals surface area (Å²) >= 11 is 0. The van der Waals surface area contributed by atoms with Crippen molar-refractivity contribution < 1.29 is 14.3 Å². The Balaban J connectivity index is 2.47. The van der Waals surface area contributed by atoms with E-state index in [1.807, 2.05) is 0 Å². The molecule has 1 rings (SSSR count). The van der Waals surface area contributed by atoms with Crippen molar-refractivity contribution in [1.29, 1.82) is 5.26 Å². The summed E-state index contributed by atoms with van der Waals surface area (Å²) in [5, 5.41) is 8.61. The third-order valence-electron chi connectivity index (χ3n) is 1.93. The Morgan fingerprint density at radius 3 is 3.08 bits per heavy atom. The first-order chi connectivity index (χ1) is 5.77. The largest absolute Gasteiger partial charge is 0.467 e. The van der Waals surface area contributed by atoms with E-state index in [4.69, 9.17) is 10.00 Å². The van der Waals surface area contributed by atoms with Crippen LogP contribution in [0.15, 0.2) is 0 Å². The Morgan fingerprint density at radius 1 is 1.75 bits per heavy atom. The zero-order valence-electron chi connectivity index (χ0n) is 6.95. The summed E-state index contributed by atoms with van der Waals surface area (Å²) in [6, 6.07) is 2.13. The van der Waals surface area contributed by atoms with Crippen LogP contribution in [0.1, 0.15) is 12.8 Å². The summed E-state index contributed by atoms with van der Waals surface area (Å²) in [6.07, 6.45) is 0.640. The van der Waals surface area contributed by atoms with Crippen LogP contribution in [-0.4, -0.2) is 25.8 Å². The van der Waals surface area contributed by atoms with Crippen molar-refractivity contribution in [3.63, 3.8) is 0 Å². The Hall–Kier alpha value is -1.08. The van der Waals surface area contributed by atoms with Crippen molar-refractivity contribution in [2.75, 3.05) is 13.7 Å². The first kappa shape index (κ1) is 9.01. The number of methoxy groups -OCH3 is 1. The summed E-state index contributed by atoms with van der Waals surface area (Å²) in [7, 11) is 1.32. The number of rotatable bonds is 1. The molecule has 2 atom stereocenters. The van der Waals surface area contributed by atoms with Crippen LogP contribution in [-0.2, 0) is 14.3 Å². The SMILES string of the molecule is COC(=O)C1CC(C#N)CCO1. The highest BCUT2D eigenvalue weighted by Crippen LogP contribution is 2.19. The second-order valence-corrected chi connectivity index (χ2v) is 2.73. The zero-order chi connectivity index (χ0) is 8.97.